The summed E-state index contributed by atoms with van der Waals surface area (Å²) in [5.74, 6) is 2.41. The van der Waals surface area contributed by atoms with Crippen molar-refractivity contribution in [3.8, 4) is 28.7 Å². The quantitative estimate of drug-likeness (QED) is 0.569. The number of hydrogen-bond acceptors (Lipinski definition) is 8. The minimum absolute atomic E-state index is 0.0701. The van der Waals surface area contributed by atoms with E-state index in [0.717, 1.165) is 0 Å². The highest BCUT2D eigenvalue weighted by atomic mass is 32.2. The van der Waals surface area contributed by atoms with Crippen molar-refractivity contribution in [2.45, 2.75) is 12.1 Å². The highest BCUT2D eigenvalue weighted by Crippen LogP contribution is 2.41. The van der Waals surface area contributed by atoms with E-state index in [-0.39, 0.29) is 5.91 Å². The van der Waals surface area contributed by atoms with Crippen molar-refractivity contribution in [1.82, 2.24) is 15.5 Å². The van der Waals surface area contributed by atoms with E-state index in [1.807, 2.05) is 0 Å². The molecule has 130 valence electrons. The fourth-order valence-electron chi connectivity index (χ4n) is 1.95. The predicted octanol–water partition coefficient (Wildman–Crippen LogP) is 1.99. The summed E-state index contributed by atoms with van der Waals surface area (Å²) in [6, 6.07) is 3.47. The summed E-state index contributed by atoms with van der Waals surface area (Å²) >= 11 is 1.36. The summed E-state index contributed by atoms with van der Waals surface area (Å²) in [4.78, 5) is 10.8. The minimum atomic E-state index is -0.0701. The van der Waals surface area contributed by atoms with E-state index < -0.39 is 0 Å². The third kappa shape index (κ3) is 4.31. The molecule has 1 aromatic heterocycles. The first-order valence-corrected chi connectivity index (χ1v) is 8.08. The number of benzene rings is 1. The smallest absolute Gasteiger partial charge is 0.276 e. The van der Waals surface area contributed by atoms with Crippen LogP contribution in [0.2, 0.25) is 0 Å². The number of thioether (sulfide) groups is 1. The summed E-state index contributed by atoms with van der Waals surface area (Å²) < 4.78 is 21.5. The maximum Gasteiger partial charge on any atom is 0.276 e. The Bertz CT molecular complexity index is 679. The van der Waals surface area contributed by atoms with Crippen LogP contribution < -0.4 is 19.5 Å². The fourth-order valence-corrected chi connectivity index (χ4v) is 2.57. The number of nitrogens with zero attached hydrogens (tertiary/aromatic N) is 2. The summed E-state index contributed by atoms with van der Waals surface area (Å²) in [6.45, 7) is 2.00. The normalized spacial score (nSPS) is 10.3. The van der Waals surface area contributed by atoms with Gasteiger partial charge in [0.1, 0.15) is 0 Å². The van der Waals surface area contributed by atoms with E-state index >= 15 is 0 Å². The van der Waals surface area contributed by atoms with E-state index in [1.54, 1.807) is 12.1 Å². The molecular formula is C15H19N3O5S. The molecule has 1 heterocycles. The molecule has 0 radical (unpaired) electrons. The molecule has 1 amide bonds. The molecule has 0 spiro atoms. The van der Waals surface area contributed by atoms with Gasteiger partial charge in [0, 0.05) is 24.8 Å². The van der Waals surface area contributed by atoms with Gasteiger partial charge >= 0.3 is 0 Å². The van der Waals surface area contributed by atoms with Crippen molar-refractivity contribution in [1.29, 1.82) is 0 Å². The molecule has 0 bridgehead atoms. The molecule has 8 nitrogen and oxygen atoms in total. The Balaban J connectivity index is 2.15. The summed E-state index contributed by atoms with van der Waals surface area (Å²) in [5.41, 5.74) is 0.658. The van der Waals surface area contributed by atoms with Crippen LogP contribution in [0.3, 0.4) is 0 Å². The first-order chi connectivity index (χ1) is 11.6. The Hall–Kier alpha value is -2.42. The first kappa shape index (κ1) is 17.9. The molecule has 0 unspecified atom stereocenters. The molecule has 0 saturated heterocycles. The standard InChI is InChI=1S/C15H19N3O5S/c1-9(19)16-5-6-24-15-18-17-14(23-15)10-7-11(20-2)13(22-4)12(8-10)21-3/h7-8H,5-6H2,1-4H3,(H,16,19). The van der Waals surface area contributed by atoms with Crippen molar-refractivity contribution in [2.75, 3.05) is 33.6 Å². The van der Waals surface area contributed by atoms with Gasteiger partial charge in [0.25, 0.3) is 5.22 Å². The molecule has 2 rings (SSSR count). The lowest BCUT2D eigenvalue weighted by molar-refractivity contribution is -0.118. The number of amides is 1. The number of hydrogen-bond donors (Lipinski definition) is 1. The van der Waals surface area contributed by atoms with Gasteiger partial charge in [-0.2, -0.15) is 0 Å². The zero-order valence-corrected chi connectivity index (χ0v) is 14.7. The van der Waals surface area contributed by atoms with Crippen LogP contribution in [0.25, 0.3) is 11.5 Å². The monoisotopic (exact) mass is 353 g/mol. The van der Waals surface area contributed by atoms with E-state index in [1.165, 1.54) is 40.0 Å². The number of methoxy groups -OCH3 is 3. The molecule has 0 saturated carbocycles. The molecule has 1 N–H and O–H groups in total. The molecular weight excluding hydrogens is 334 g/mol. The molecule has 0 atom stereocenters. The lowest BCUT2D eigenvalue weighted by Gasteiger charge is -2.12. The van der Waals surface area contributed by atoms with Crippen LogP contribution in [-0.4, -0.2) is 49.7 Å². The van der Waals surface area contributed by atoms with Crippen LogP contribution in [0.4, 0.5) is 0 Å². The Kier molecular flexibility index (Phi) is 6.30. The number of carbonyl (C=O) groups excluding carboxylic acids is 1. The summed E-state index contributed by atoms with van der Waals surface area (Å²) in [7, 11) is 4.62. The highest BCUT2D eigenvalue weighted by molar-refractivity contribution is 7.99. The second-order valence-corrected chi connectivity index (χ2v) is 5.66. The van der Waals surface area contributed by atoms with Gasteiger partial charge in [-0.05, 0) is 12.1 Å². The van der Waals surface area contributed by atoms with Crippen LogP contribution in [0.1, 0.15) is 6.92 Å². The topological polar surface area (TPSA) is 95.7 Å². The minimum Gasteiger partial charge on any atom is -0.493 e. The van der Waals surface area contributed by atoms with Crippen molar-refractivity contribution in [2.24, 2.45) is 0 Å². The highest BCUT2D eigenvalue weighted by Gasteiger charge is 2.17. The van der Waals surface area contributed by atoms with Crippen molar-refractivity contribution >= 4 is 17.7 Å². The van der Waals surface area contributed by atoms with E-state index in [0.29, 0.717) is 46.2 Å². The lowest BCUT2D eigenvalue weighted by Crippen LogP contribution is -2.22. The molecule has 0 fully saturated rings. The molecule has 24 heavy (non-hydrogen) atoms. The Morgan fingerprint density at radius 1 is 1.17 bits per heavy atom. The van der Waals surface area contributed by atoms with Crippen molar-refractivity contribution in [3.63, 3.8) is 0 Å². The number of rotatable bonds is 8. The molecule has 9 heteroatoms. The van der Waals surface area contributed by atoms with Crippen LogP contribution in [0.5, 0.6) is 17.2 Å². The van der Waals surface area contributed by atoms with Crippen LogP contribution in [0.15, 0.2) is 21.8 Å². The van der Waals surface area contributed by atoms with Crippen LogP contribution in [-0.2, 0) is 4.79 Å². The van der Waals surface area contributed by atoms with E-state index in [2.05, 4.69) is 15.5 Å². The molecule has 0 aliphatic rings. The second-order valence-electron chi connectivity index (χ2n) is 4.62. The van der Waals surface area contributed by atoms with Gasteiger partial charge in [0.2, 0.25) is 17.5 Å². The average Bonchev–Trinajstić information content (AvgIpc) is 3.06. The zero-order chi connectivity index (χ0) is 17.5. The molecule has 0 aliphatic carbocycles. The Morgan fingerprint density at radius 3 is 2.38 bits per heavy atom. The van der Waals surface area contributed by atoms with Gasteiger partial charge in [-0.15, -0.1) is 10.2 Å². The predicted molar refractivity (Wildman–Crippen MR) is 88.8 cm³/mol. The number of ether oxygens (including phenoxy) is 3. The third-order valence-electron chi connectivity index (χ3n) is 3.02. The van der Waals surface area contributed by atoms with Gasteiger partial charge < -0.3 is 23.9 Å². The van der Waals surface area contributed by atoms with Crippen molar-refractivity contribution in [3.05, 3.63) is 12.1 Å². The van der Waals surface area contributed by atoms with Gasteiger partial charge in [-0.1, -0.05) is 11.8 Å². The zero-order valence-electron chi connectivity index (χ0n) is 13.9. The van der Waals surface area contributed by atoms with Gasteiger partial charge in [-0.25, -0.2) is 0 Å². The number of aromatic nitrogens is 2. The third-order valence-corrected chi connectivity index (χ3v) is 3.84. The number of nitrogens with one attached hydrogen (secondary N) is 1. The van der Waals surface area contributed by atoms with Gasteiger partial charge in [0.05, 0.1) is 21.3 Å². The van der Waals surface area contributed by atoms with E-state index in [4.69, 9.17) is 18.6 Å². The molecule has 2 aromatic rings. The summed E-state index contributed by atoms with van der Waals surface area (Å²) in [6.07, 6.45) is 0. The molecule has 1 aromatic carbocycles. The lowest BCUT2D eigenvalue weighted by atomic mass is 10.2. The SMILES string of the molecule is COc1cc(-c2nnc(SCCNC(C)=O)o2)cc(OC)c1OC. The molecule has 0 aliphatic heterocycles. The average molecular weight is 353 g/mol. The maximum atomic E-state index is 10.8. The second kappa shape index (κ2) is 8.44. The number of carbonyl (C=O) groups is 1. The van der Waals surface area contributed by atoms with Crippen molar-refractivity contribution < 1.29 is 23.4 Å². The fraction of sp³-hybridized carbons (Fsp3) is 0.400. The van der Waals surface area contributed by atoms with Crippen LogP contribution >= 0.6 is 11.8 Å². The Labute approximate surface area is 143 Å². The first-order valence-electron chi connectivity index (χ1n) is 7.10. The van der Waals surface area contributed by atoms with E-state index in [9.17, 15) is 4.79 Å². The van der Waals surface area contributed by atoms with Gasteiger partial charge in [-0.3, -0.25) is 4.79 Å². The van der Waals surface area contributed by atoms with Gasteiger partial charge in [0.15, 0.2) is 11.5 Å². The maximum absolute atomic E-state index is 10.8. The van der Waals surface area contributed by atoms with Crippen LogP contribution in [0, 0.1) is 0 Å². The Morgan fingerprint density at radius 2 is 1.83 bits per heavy atom. The largest absolute Gasteiger partial charge is 0.493 e. The summed E-state index contributed by atoms with van der Waals surface area (Å²) in [5, 5.41) is 11.1.